The van der Waals surface area contributed by atoms with Gasteiger partial charge in [0.05, 0.1) is 6.42 Å². The van der Waals surface area contributed by atoms with E-state index in [1.165, 1.54) is 12.1 Å². The van der Waals surface area contributed by atoms with Crippen molar-refractivity contribution in [1.82, 2.24) is 10.1 Å². The molecule has 6 heteroatoms. The normalized spacial score (nSPS) is 10.7. The highest BCUT2D eigenvalue weighted by atomic mass is 19.1. The lowest BCUT2D eigenvalue weighted by molar-refractivity contribution is -0.118. The molecule has 0 aliphatic carbocycles. The average molecular weight is 266 g/mol. The van der Waals surface area contributed by atoms with Crippen LogP contribution in [0, 0.1) is 11.6 Å². The summed E-state index contributed by atoms with van der Waals surface area (Å²) >= 11 is 0. The van der Waals surface area contributed by atoms with Gasteiger partial charge in [-0.2, -0.15) is 4.98 Å². The molecule has 0 saturated carbocycles. The van der Waals surface area contributed by atoms with Crippen LogP contribution in [0.1, 0.15) is 30.6 Å². The molecule has 0 aliphatic rings. The second kappa shape index (κ2) is 5.69. The molecule has 1 heterocycles. The number of Topliss-reactive ketones (excluding diaryl/α,β-unsaturated/α-hetero) is 1. The molecule has 0 amide bonds. The number of benzene rings is 1. The Bertz CT molecular complexity index is 576. The molecular weight excluding hydrogens is 254 g/mol. The largest absolute Gasteiger partial charge is 0.339 e. The molecule has 0 spiro atoms. The van der Waals surface area contributed by atoms with Gasteiger partial charge in [0, 0.05) is 18.9 Å². The van der Waals surface area contributed by atoms with E-state index in [0.29, 0.717) is 17.8 Å². The topological polar surface area (TPSA) is 56.0 Å². The lowest BCUT2D eigenvalue weighted by atomic mass is 10.1. The van der Waals surface area contributed by atoms with Crippen molar-refractivity contribution in [3.8, 4) is 0 Å². The Labute approximate surface area is 108 Å². The zero-order chi connectivity index (χ0) is 13.8. The van der Waals surface area contributed by atoms with Crippen molar-refractivity contribution in [3.05, 3.63) is 47.1 Å². The lowest BCUT2D eigenvalue weighted by Crippen LogP contribution is -2.01. The molecule has 2 aromatic rings. The van der Waals surface area contributed by atoms with Crippen LogP contribution in [0.25, 0.3) is 0 Å². The first-order chi connectivity index (χ1) is 9.06. The third kappa shape index (κ3) is 3.67. The number of rotatable bonds is 5. The van der Waals surface area contributed by atoms with E-state index in [9.17, 15) is 13.6 Å². The quantitative estimate of drug-likeness (QED) is 0.834. The Balaban J connectivity index is 2.09. The fourth-order valence-corrected chi connectivity index (χ4v) is 1.62. The van der Waals surface area contributed by atoms with E-state index in [-0.39, 0.29) is 24.5 Å². The van der Waals surface area contributed by atoms with Crippen LogP contribution in [0.2, 0.25) is 0 Å². The molecule has 0 saturated heterocycles. The Hall–Kier alpha value is -2.11. The van der Waals surface area contributed by atoms with E-state index in [1.54, 1.807) is 6.92 Å². The predicted molar refractivity (Wildman–Crippen MR) is 62.5 cm³/mol. The molecule has 19 heavy (non-hydrogen) atoms. The van der Waals surface area contributed by atoms with E-state index in [4.69, 9.17) is 4.52 Å². The van der Waals surface area contributed by atoms with Crippen LogP contribution >= 0.6 is 0 Å². The number of ketones is 1. The van der Waals surface area contributed by atoms with Crippen LogP contribution in [0.15, 0.2) is 22.7 Å². The van der Waals surface area contributed by atoms with Gasteiger partial charge in [-0.3, -0.25) is 4.79 Å². The molecular formula is C13H12F2N2O2. The van der Waals surface area contributed by atoms with Crippen molar-refractivity contribution in [3.63, 3.8) is 0 Å². The zero-order valence-corrected chi connectivity index (χ0v) is 10.3. The minimum atomic E-state index is -0.653. The summed E-state index contributed by atoms with van der Waals surface area (Å²) in [6.45, 7) is 1.75. The van der Waals surface area contributed by atoms with Gasteiger partial charge in [0.1, 0.15) is 17.4 Å². The van der Waals surface area contributed by atoms with Crippen molar-refractivity contribution < 1.29 is 18.1 Å². The molecule has 0 bridgehead atoms. The van der Waals surface area contributed by atoms with Gasteiger partial charge >= 0.3 is 0 Å². The van der Waals surface area contributed by atoms with Crippen LogP contribution in [-0.4, -0.2) is 15.9 Å². The maximum Gasteiger partial charge on any atom is 0.234 e. The van der Waals surface area contributed by atoms with Gasteiger partial charge in [-0.05, 0) is 17.7 Å². The smallest absolute Gasteiger partial charge is 0.234 e. The maximum absolute atomic E-state index is 13.0. The molecule has 1 aromatic carbocycles. The van der Waals surface area contributed by atoms with Crippen molar-refractivity contribution in [2.45, 2.75) is 26.2 Å². The first kappa shape index (κ1) is 13.3. The van der Waals surface area contributed by atoms with E-state index >= 15 is 0 Å². The molecule has 0 aliphatic heterocycles. The van der Waals surface area contributed by atoms with Gasteiger partial charge < -0.3 is 4.52 Å². The lowest BCUT2D eigenvalue weighted by Gasteiger charge is -1.97. The predicted octanol–water partition coefficient (Wildman–Crippen LogP) is 2.46. The first-order valence-corrected chi connectivity index (χ1v) is 5.85. The van der Waals surface area contributed by atoms with E-state index in [0.717, 1.165) is 6.07 Å². The molecule has 1 aromatic heterocycles. The molecule has 0 atom stereocenters. The van der Waals surface area contributed by atoms with E-state index < -0.39 is 11.6 Å². The summed E-state index contributed by atoms with van der Waals surface area (Å²) in [5.74, 6) is -0.797. The Morgan fingerprint density at radius 1 is 1.26 bits per heavy atom. The van der Waals surface area contributed by atoms with E-state index in [1.807, 2.05) is 0 Å². The van der Waals surface area contributed by atoms with Crippen molar-refractivity contribution >= 4 is 5.78 Å². The minimum absolute atomic E-state index is 0.00741. The van der Waals surface area contributed by atoms with Crippen molar-refractivity contribution in [1.29, 1.82) is 0 Å². The van der Waals surface area contributed by atoms with Gasteiger partial charge in [0.2, 0.25) is 5.89 Å². The van der Waals surface area contributed by atoms with Crippen LogP contribution in [0.5, 0.6) is 0 Å². The van der Waals surface area contributed by atoms with Gasteiger partial charge in [0.25, 0.3) is 0 Å². The summed E-state index contributed by atoms with van der Waals surface area (Å²) in [4.78, 5) is 15.2. The number of halogens is 2. The molecule has 0 N–H and O–H groups in total. The molecule has 0 radical (unpaired) electrons. The highest BCUT2D eigenvalue weighted by Gasteiger charge is 2.11. The molecule has 0 unspecified atom stereocenters. The average Bonchev–Trinajstić information content (AvgIpc) is 2.74. The summed E-state index contributed by atoms with van der Waals surface area (Å²) in [6, 6.07) is 3.21. The fourth-order valence-electron chi connectivity index (χ4n) is 1.62. The highest BCUT2D eigenvalue weighted by molar-refractivity contribution is 5.79. The molecule has 0 fully saturated rings. The van der Waals surface area contributed by atoms with Gasteiger partial charge in [-0.25, -0.2) is 8.78 Å². The van der Waals surface area contributed by atoms with Crippen LogP contribution in [-0.2, 0) is 17.6 Å². The first-order valence-electron chi connectivity index (χ1n) is 5.85. The summed E-state index contributed by atoms with van der Waals surface area (Å²) in [6.07, 6.45) is 0.631. The standard InChI is InChI=1S/C13H12F2N2O2/c1-2-11(18)7-13-16-12(17-19-13)5-8-3-9(14)6-10(15)4-8/h3-4,6H,2,5,7H2,1H3. The molecule has 4 nitrogen and oxygen atoms in total. The van der Waals surface area contributed by atoms with Crippen LogP contribution in [0.4, 0.5) is 8.78 Å². The Morgan fingerprint density at radius 2 is 1.95 bits per heavy atom. The number of carbonyl (C=O) groups is 1. The van der Waals surface area contributed by atoms with Gasteiger partial charge in [-0.1, -0.05) is 12.1 Å². The Morgan fingerprint density at radius 3 is 2.58 bits per heavy atom. The molecule has 100 valence electrons. The van der Waals surface area contributed by atoms with Crippen LogP contribution < -0.4 is 0 Å². The van der Waals surface area contributed by atoms with E-state index in [2.05, 4.69) is 10.1 Å². The maximum atomic E-state index is 13.0. The summed E-state index contributed by atoms with van der Waals surface area (Å²) < 4.78 is 30.9. The van der Waals surface area contributed by atoms with Gasteiger partial charge in [-0.15, -0.1) is 0 Å². The van der Waals surface area contributed by atoms with Crippen LogP contribution in [0.3, 0.4) is 0 Å². The SMILES string of the molecule is CCC(=O)Cc1nc(Cc2cc(F)cc(F)c2)no1. The number of hydrogen-bond donors (Lipinski definition) is 0. The summed E-state index contributed by atoms with van der Waals surface area (Å²) in [5, 5.41) is 3.67. The zero-order valence-electron chi connectivity index (χ0n) is 10.3. The second-order valence-electron chi connectivity index (χ2n) is 4.13. The summed E-state index contributed by atoms with van der Waals surface area (Å²) in [5.41, 5.74) is 0.409. The number of nitrogens with zero attached hydrogens (tertiary/aromatic N) is 2. The van der Waals surface area contributed by atoms with Crippen molar-refractivity contribution in [2.75, 3.05) is 0 Å². The van der Waals surface area contributed by atoms with Gasteiger partial charge in [0.15, 0.2) is 5.82 Å². The summed E-state index contributed by atoms with van der Waals surface area (Å²) in [7, 11) is 0. The third-order valence-electron chi connectivity index (χ3n) is 2.54. The Kier molecular flexibility index (Phi) is 3.99. The highest BCUT2D eigenvalue weighted by Crippen LogP contribution is 2.12. The minimum Gasteiger partial charge on any atom is -0.339 e. The van der Waals surface area contributed by atoms with Crippen molar-refractivity contribution in [2.24, 2.45) is 0 Å². The fraction of sp³-hybridized carbons (Fsp3) is 0.308. The second-order valence-corrected chi connectivity index (χ2v) is 4.13. The monoisotopic (exact) mass is 266 g/mol. The third-order valence-corrected chi connectivity index (χ3v) is 2.54. The number of aromatic nitrogens is 2. The number of hydrogen-bond acceptors (Lipinski definition) is 4. The number of carbonyl (C=O) groups excluding carboxylic acids is 1. The molecule has 2 rings (SSSR count).